The van der Waals surface area contributed by atoms with Gasteiger partial charge < -0.3 is 4.43 Å². The van der Waals surface area contributed by atoms with Crippen molar-refractivity contribution >= 4 is 26.3 Å². The van der Waals surface area contributed by atoms with Crippen LogP contribution in [0.2, 0.25) is 36.3 Å². The summed E-state index contributed by atoms with van der Waals surface area (Å²) < 4.78 is 26.3. The van der Waals surface area contributed by atoms with Crippen LogP contribution in [0, 0.1) is 17.3 Å². The molecule has 2 aliphatic rings. The number of allylic oxidation sites excluding steroid dienone is 3. The molecule has 0 aliphatic heterocycles. The molecule has 0 saturated heterocycles. The highest BCUT2D eigenvalue weighted by molar-refractivity contribution is 7.98. The molecule has 6 heteroatoms. The van der Waals surface area contributed by atoms with Crippen LogP contribution in [0.1, 0.15) is 102 Å². The molecular formula is C30H59NO2SSi2. The molecule has 0 radical (unpaired) electrons. The average Bonchev–Trinajstić information content (AvgIpc) is 3.12. The lowest BCUT2D eigenvalue weighted by molar-refractivity contribution is 0.0186. The molecule has 3 nitrogen and oxygen atoms in total. The summed E-state index contributed by atoms with van der Waals surface area (Å²) >= 11 is 0. The fourth-order valence-electron chi connectivity index (χ4n) is 6.07. The highest BCUT2D eigenvalue weighted by atomic mass is 32.2. The third-order valence-corrected chi connectivity index (χ3v) is 23.7. The zero-order chi connectivity index (χ0) is 27.8. The molecule has 1 saturated carbocycles. The van der Waals surface area contributed by atoms with Crippen molar-refractivity contribution in [2.24, 2.45) is 21.3 Å². The fourth-order valence-corrected chi connectivity index (χ4v) is 15.0. The van der Waals surface area contributed by atoms with Gasteiger partial charge in [0.2, 0.25) is 0 Å². The maximum Gasteiger partial charge on any atom is 0.193 e. The van der Waals surface area contributed by atoms with Crippen molar-refractivity contribution in [1.82, 2.24) is 0 Å². The van der Waals surface area contributed by atoms with Gasteiger partial charge in [-0.1, -0.05) is 79.5 Å². The molecule has 0 aromatic heterocycles. The highest BCUT2D eigenvalue weighted by Gasteiger charge is 2.50. The van der Waals surface area contributed by atoms with Crippen molar-refractivity contribution < 1.29 is 8.63 Å². The van der Waals surface area contributed by atoms with E-state index in [-0.39, 0.29) is 16.4 Å². The van der Waals surface area contributed by atoms with E-state index < -0.39 is 31.0 Å². The Bertz CT molecular complexity index is 935. The van der Waals surface area contributed by atoms with E-state index in [1.54, 1.807) is 0 Å². The Kier molecular flexibility index (Phi) is 9.91. The van der Waals surface area contributed by atoms with Crippen molar-refractivity contribution in [2.45, 2.75) is 149 Å². The Labute approximate surface area is 227 Å². The minimum Gasteiger partial charge on any atom is -0.414 e. The van der Waals surface area contributed by atoms with Gasteiger partial charge in [-0.15, -0.1) is 0 Å². The molecule has 0 heterocycles. The van der Waals surface area contributed by atoms with Crippen LogP contribution >= 0.6 is 0 Å². The van der Waals surface area contributed by atoms with Gasteiger partial charge in [-0.3, -0.25) is 4.03 Å². The molecule has 2 aliphatic carbocycles. The smallest absolute Gasteiger partial charge is 0.193 e. The number of nitrogens with zero attached hydrogens (tertiary/aromatic N) is 1. The summed E-state index contributed by atoms with van der Waals surface area (Å²) in [6.07, 6.45) is 9.96. The van der Waals surface area contributed by atoms with Crippen molar-refractivity contribution in [1.29, 1.82) is 0 Å². The predicted octanol–water partition coefficient (Wildman–Crippen LogP) is 9.93. The molecule has 5 atom stereocenters. The van der Waals surface area contributed by atoms with Gasteiger partial charge in [-0.05, 0) is 93.5 Å². The van der Waals surface area contributed by atoms with Crippen LogP contribution < -0.4 is 0 Å². The number of hydrogen-bond donors (Lipinski definition) is 0. The highest BCUT2D eigenvalue weighted by Crippen LogP contribution is 2.56. The lowest BCUT2D eigenvalue weighted by atomic mass is 9.63. The van der Waals surface area contributed by atoms with Gasteiger partial charge in [0.25, 0.3) is 0 Å². The first kappa shape index (κ1) is 32.0. The molecule has 210 valence electrons. The van der Waals surface area contributed by atoms with E-state index in [1.807, 2.05) is 5.41 Å². The largest absolute Gasteiger partial charge is 0.414 e. The zero-order valence-electron chi connectivity index (χ0n) is 26.1. The minimum atomic E-state index is -2.50. The van der Waals surface area contributed by atoms with E-state index in [2.05, 4.69) is 101 Å². The number of hydrogen-bond acceptors (Lipinski definition) is 3. The maximum atomic E-state index is 14.4. The normalized spacial score (nSPS) is 28.5. The number of rotatable bonds is 9. The lowest BCUT2D eigenvalue weighted by Gasteiger charge is -2.47. The molecule has 2 rings (SSSR count). The third-order valence-electron chi connectivity index (χ3n) is 10.2. The van der Waals surface area contributed by atoms with Gasteiger partial charge in [-0.25, -0.2) is 4.21 Å². The standard InChI is InChI=1S/C30H59NO2SSi2/c1-14-36(15-2,16-3)33-27-18-17-22-30(11)25(19-20-26(27)30)24(4)21-23-34(32,28(5,6)7)31-35(12,13)29(8,9)10/h19,21,23-24,26-27H,14-18,20,22H2,1-13H3/b23-21+/t24-,26+,27+,30-,34-/m1/s1. The molecule has 0 amide bonds. The van der Waals surface area contributed by atoms with Crippen molar-refractivity contribution in [3.05, 3.63) is 23.1 Å². The van der Waals surface area contributed by atoms with E-state index >= 15 is 0 Å². The van der Waals surface area contributed by atoms with Crippen LogP contribution in [0.3, 0.4) is 0 Å². The molecule has 0 aromatic rings. The monoisotopic (exact) mass is 553 g/mol. The summed E-state index contributed by atoms with van der Waals surface area (Å²) in [7, 11) is -6.20. The zero-order valence-corrected chi connectivity index (χ0v) is 28.9. The summed E-state index contributed by atoms with van der Waals surface area (Å²) in [5.74, 6) is 0.847. The molecule has 0 spiro atoms. The molecule has 0 aromatic carbocycles. The topological polar surface area (TPSA) is 38.7 Å². The quantitative estimate of drug-likeness (QED) is 0.210. The average molecular weight is 554 g/mol. The first-order valence-corrected chi connectivity index (χ1v) is 21.7. The third kappa shape index (κ3) is 6.34. The van der Waals surface area contributed by atoms with Crippen molar-refractivity contribution in [2.75, 3.05) is 0 Å². The van der Waals surface area contributed by atoms with E-state index in [0.29, 0.717) is 12.0 Å². The van der Waals surface area contributed by atoms with Crippen LogP contribution in [0.25, 0.3) is 0 Å². The Hall–Kier alpha value is -0.176. The second-order valence-electron chi connectivity index (χ2n) is 14.4. The summed E-state index contributed by atoms with van der Waals surface area (Å²) in [5.41, 5.74) is 1.72. The van der Waals surface area contributed by atoms with Crippen LogP contribution in [0.15, 0.2) is 27.2 Å². The van der Waals surface area contributed by atoms with E-state index in [4.69, 9.17) is 8.45 Å². The van der Waals surface area contributed by atoms with Gasteiger partial charge in [-0.2, -0.15) is 0 Å². The summed E-state index contributed by atoms with van der Waals surface area (Å²) in [6, 6.07) is 3.66. The molecule has 0 N–H and O–H groups in total. The summed E-state index contributed by atoms with van der Waals surface area (Å²) in [4.78, 5) is 0. The van der Waals surface area contributed by atoms with Crippen molar-refractivity contribution in [3.8, 4) is 0 Å². The Morgan fingerprint density at radius 2 is 1.69 bits per heavy atom. The van der Waals surface area contributed by atoms with Gasteiger partial charge in [0, 0.05) is 16.3 Å². The van der Waals surface area contributed by atoms with E-state index in [9.17, 15) is 4.21 Å². The van der Waals surface area contributed by atoms with Gasteiger partial charge in [0.05, 0.1) is 9.73 Å². The fraction of sp³-hybridized carbons (Fsp3) is 0.867. The summed E-state index contributed by atoms with van der Waals surface area (Å²) in [6.45, 7) is 29.3. The van der Waals surface area contributed by atoms with Gasteiger partial charge >= 0.3 is 0 Å². The molecule has 36 heavy (non-hydrogen) atoms. The van der Waals surface area contributed by atoms with Crippen LogP contribution in [-0.4, -0.2) is 31.6 Å². The minimum absolute atomic E-state index is 0.0696. The second-order valence-corrected chi connectivity index (χ2v) is 27.1. The molecule has 1 fully saturated rings. The second kappa shape index (κ2) is 11.1. The summed E-state index contributed by atoms with van der Waals surface area (Å²) in [5, 5.41) is 2.08. The van der Waals surface area contributed by atoms with Crippen LogP contribution in [0.5, 0.6) is 0 Å². The van der Waals surface area contributed by atoms with E-state index in [0.717, 1.165) is 6.42 Å². The van der Waals surface area contributed by atoms with Gasteiger partial charge in [0.1, 0.15) is 0 Å². The Balaban J connectivity index is 2.37. The van der Waals surface area contributed by atoms with Crippen LogP contribution in [0.4, 0.5) is 0 Å². The van der Waals surface area contributed by atoms with Crippen molar-refractivity contribution in [3.63, 3.8) is 0 Å². The van der Waals surface area contributed by atoms with E-state index in [1.165, 1.54) is 43.0 Å². The number of fused-ring (bicyclic) bond motifs is 1. The van der Waals surface area contributed by atoms with Crippen LogP contribution in [-0.2, 0) is 14.2 Å². The van der Waals surface area contributed by atoms with Gasteiger partial charge in [0.15, 0.2) is 16.6 Å². The molecule has 0 unspecified atom stereocenters. The first-order valence-electron chi connectivity index (χ1n) is 14.7. The maximum absolute atomic E-state index is 14.4. The molecule has 0 bridgehead atoms. The predicted molar refractivity (Wildman–Crippen MR) is 166 cm³/mol. The molecular weight excluding hydrogens is 495 g/mol. The Morgan fingerprint density at radius 1 is 1.14 bits per heavy atom. The SMILES string of the molecule is CC[Si](CC)(CC)O[C@H]1CCC[C@]2(C)C([C@H](C)/C=C/[S@](=O)(=N[Si](C)(C)C(C)(C)C)C(C)(C)C)=CC[C@@H]12. The Morgan fingerprint density at radius 3 is 2.17 bits per heavy atom. The lowest BCUT2D eigenvalue weighted by Crippen LogP contribution is -2.47. The first-order chi connectivity index (χ1) is 16.3.